The minimum atomic E-state index is -0.530. The summed E-state index contributed by atoms with van der Waals surface area (Å²) in [5.74, 6) is 0. The molecule has 0 unspecified atom stereocenters. The van der Waals surface area contributed by atoms with Gasteiger partial charge in [0.2, 0.25) is 0 Å². The molecule has 0 aliphatic heterocycles. The van der Waals surface area contributed by atoms with E-state index in [1.807, 2.05) is 6.11 Å². The second-order valence-corrected chi connectivity index (χ2v) is 1.08. The van der Waals surface area contributed by atoms with Gasteiger partial charge in [-0.05, 0) is 0 Å². The second-order valence-electron chi connectivity index (χ2n) is 0.183. The van der Waals surface area contributed by atoms with Crippen LogP contribution in [0.25, 0.3) is 0 Å². The maximum atomic E-state index is 7.70. The van der Waals surface area contributed by atoms with E-state index in [9.17, 15) is 0 Å². The van der Waals surface area contributed by atoms with Crippen LogP contribution in [-0.4, -0.2) is 9.87 Å². The Bertz CT molecular complexity index is 11.6. The molecule has 0 bridgehead atoms. The average molecular weight is 246 g/mol. The average Bonchev–Trinajstić information content (AvgIpc) is 0.918. The first-order chi connectivity index (χ1) is 1.41. The van der Waals surface area contributed by atoms with Gasteiger partial charge in [-0.1, -0.05) is 0 Å². The fourth-order valence-corrected chi connectivity index (χ4v) is 0. The van der Waals surface area contributed by atoms with Crippen molar-refractivity contribution < 1.29 is 59.0 Å². The zero-order chi connectivity index (χ0) is 2.71. The van der Waals surface area contributed by atoms with E-state index >= 15 is 0 Å². The summed E-state index contributed by atoms with van der Waals surface area (Å²) in [6.45, 7) is 0. The molecule has 1 radical (unpaired) electrons. The van der Waals surface area contributed by atoms with E-state index in [1.54, 1.807) is 0 Å². The summed E-state index contributed by atoms with van der Waals surface area (Å²) in [6.07, 6.45) is 1.81. The van der Waals surface area contributed by atoms with Crippen LogP contribution >= 0.6 is 0 Å². The van der Waals surface area contributed by atoms with Crippen molar-refractivity contribution >= 4 is 6.11 Å². The summed E-state index contributed by atoms with van der Waals surface area (Å²) < 4.78 is 7.70. The molecule has 5 heteroatoms. The van der Waals surface area contributed by atoms with Crippen LogP contribution in [0, 0.1) is 0 Å². The molecule has 0 aromatic rings. The molecule has 1 N–H and O–H groups in total. The summed E-state index contributed by atoms with van der Waals surface area (Å²) in [5.41, 5.74) is 0. The first-order valence-corrected chi connectivity index (χ1v) is 3.50. The molecule has 0 fully saturated rings. The van der Waals surface area contributed by atoms with Crippen LogP contribution in [0.15, 0.2) is 0 Å². The number of hydrogen-bond donors (Lipinski definition) is 1. The predicted molar refractivity (Wildman–Crippen MR) is 10.8 cm³/mol. The third kappa shape index (κ3) is 25.3. The van der Waals surface area contributed by atoms with Gasteiger partial charge < -0.3 is 0 Å². The van der Waals surface area contributed by atoms with Crippen LogP contribution in [-0.2, 0) is 55.3 Å². The first-order valence-electron chi connectivity index (χ1n) is 0.591. The fourth-order valence-electron chi connectivity index (χ4n) is 0. The normalized spacial score (nSPS) is 3.40. The van der Waals surface area contributed by atoms with Crippen LogP contribution < -0.4 is 0 Å². The van der Waals surface area contributed by atoms with Crippen LogP contribution in [0.2, 0.25) is 0 Å². The molecule has 1 nitrogen and oxygen atoms in total. The van der Waals surface area contributed by atoms with Gasteiger partial charge in [-0.15, -0.1) is 0 Å². The van der Waals surface area contributed by atoms with Gasteiger partial charge in [0.15, 0.2) is 0 Å². The Morgan fingerprint density at radius 1 is 1.60 bits per heavy atom. The molecule has 0 saturated carbocycles. The van der Waals surface area contributed by atoms with Crippen molar-refractivity contribution in [1.29, 1.82) is 0 Å². The maximum Gasteiger partial charge on any atom is 0 e. The smallest absolute Gasteiger partial charge is 0 e. The Labute approximate surface area is 64.7 Å². The predicted octanol–water partition coefficient (Wildman–Crippen LogP) is -1.48. The third-order valence-corrected chi connectivity index (χ3v) is 0. The van der Waals surface area contributed by atoms with Crippen molar-refractivity contribution in [3.8, 4) is 0 Å². The molecule has 5 heavy (non-hydrogen) atoms. The van der Waals surface area contributed by atoms with Crippen molar-refractivity contribution in [1.82, 2.24) is 0 Å². The quantitative estimate of drug-likeness (QED) is 0.517. The standard InChI is InChI=1S/BH2.Mn.Mo.H2O.Zn/h1H2;;;1H2;/q+1;;;;/p-1. The Balaban J connectivity index is -0.0000000200. The zero-order valence-corrected chi connectivity index (χ0v) is 9.10. The molecule has 0 spiro atoms. The van der Waals surface area contributed by atoms with E-state index < -0.39 is 18.7 Å². The summed E-state index contributed by atoms with van der Waals surface area (Å²) in [7, 11) is 0. The Kier molecular flexibility index (Phi) is 53.5. The van der Waals surface area contributed by atoms with Gasteiger partial charge in [0.05, 0.1) is 0 Å². The molecule has 0 heterocycles. The van der Waals surface area contributed by atoms with Crippen molar-refractivity contribution in [3.63, 3.8) is 0 Å². The molecule has 0 atom stereocenters. The minimum absolute atomic E-state index is 0. The van der Waals surface area contributed by atoms with E-state index in [0.717, 1.165) is 0 Å². The van der Waals surface area contributed by atoms with E-state index in [2.05, 4.69) is 0 Å². The molecule has 27 valence electrons. The molecule has 0 aromatic heterocycles. The van der Waals surface area contributed by atoms with Gasteiger partial charge in [0, 0.05) is 36.5 Å². The summed E-state index contributed by atoms with van der Waals surface area (Å²) in [4.78, 5) is 0. The van der Waals surface area contributed by atoms with Crippen LogP contribution in [0.5, 0.6) is 0 Å². The fraction of sp³-hybridized carbons (Fsp3) is 0. The van der Waals surface area contributed by atoms with E-state index in [-0.39, 0.29) is 36.5 Å². The summed E-state index contributed by atoms with van der Waals surface area (Å²) >= 11 is -0.530. The van der Waals surface area contributed by atoms with E-state index in [4.69, 9.17) is 3.76 Å². The first kappa shape index (κ1) is 15.8. The maximum absolute atomic E-state index is 7.70. The minimum Gasteiger partial charge on any atom is 0 e. The number of hydrogen-bond acceptors (Lipinski definition) is 1. The van der Waals surface area contributed by atoms with Gasteiger partial charge in [-0.25, -0.2) is 0 Å². The second kappa shape index (κ2) is 16.9. The molecule has 0 saturated heterocycles. The molecule has 0 rings (SSSR count). The molecule has 0 aliphatic carbocycles. The summed E-state index contributed by atoms with van der Waals surface area (Å²) in [5, 5.41) is 0. The van der Waals surface area contributed by atoms with Crippen molar-refractivity contribution in [3.05, 3.63) is 0 Å². The Morgan fingerprint density at radius 3 is 1.60 bits per heavy atom. The monoisotopic (exact) mass is 247 g/mol. The van der Waals surface area contributed by atoms with Gasteiger partial charge in [0.25, 0.3) is 0 Å². The topological polar surface area (TPSA) is 20.2 Å². The SMILES string of the molecule is [BH2][Mo][OH].[Mn].[Zn]. The third-order valence-electron chi connectivity index (χ3n) is 0. The van der Waals surface area contributed by atoms with Gasteiger partial charge in [-0.3, -0.25) is 0 Å². The van der Waals surface area contributed by atoms with Gasteiger partial charge in [0.1, 0.15) is 0 Å². The molecular weight excluding hydrogens is 243 g/mol. The molecule has 0 aliphatic rings. The molecule has 0 amide bonds. The zero-order valence-electron chi connectivity index (χ0n) is 2.94. The van der Waals surface area contributed by atoms with Crippen LogP contribution in [0.3, 0.4) is 0 Å². The van der Waals surface area contributed by atoms with Crippen molar-refractivity contribution in [2.45, 2.75) is 0 Å². The molecule has 0 aromatic carbocycles. The van der Waals surface area contributed by atoms with Crippen molar-refractivity contribution in [2.24, 2.45) is 0 Å². The summed E-state index contributed by atoms with van der Waals surface area (Å²) in [6, 6.07) is 0. The Morgan fingerprint density at radius 2 is 1.60 bits per heavy atom. The van der Waals surface area contributed by atoms with Crippen molar-refractivity contribution in [2.75, 3.05) is 0 Å². The number of rotatable bonds is 0. The van der Waals surface area contributed by atoms with Crippen LogP contribution in [0.1, 0.15) is 0 Å². The van der Waals surface area contributed by atoms with E-state index in [1.165, 1.54) is 0 Å². The van der Waals surface area contributed by atoms with Crippen LogP contribution in [0.4, 0.5) is 0 Å². The Hall–Kier alpha value is 1.86. The van der Waals surface area contributed by atoms with Gasteiger partial charge >= 0.3 is 28.6 Å². The molecular formula is H3BMnMoOZn. The van der Waals surface area contributed by atoms with E-state index in [0.29, 0.717) is 0 Å². The van der Waals surface area contributed by atoms with Gasteiger partial charge in [-0.2, -0.15) is 0 Å². The largest absolute Gasteiger partial charge is 0 e.